The van der Waals surface area contributed by atoms with Gasteiger partial charge >= 0.3 is 5.97 Å². The minimum absolute atomic E-state index is 0.113. The maximum Gasteiger partial charge on any atom is 0.325 e. The van der Waals surface area contributed by atoms with E-state index in [1.807, 2.05) is 20.8 Å². The first-order valence-electron chi connectivity index (χ1n) is 9.22. The van der Waals surface area contributed by atoms with Crippen LogP contribution in [0.3, 0.4) is 0 Å². The number of nitrogens with zero attached hydrogens (tertiary/aromatic N) is 2. The molecule has 25 heavy (non-hydrogen) atoms. The van der Waals surface area contributed by atoms with Crippen molar-refractivity contribution in [3.05, 3.63) is 0 Å². The third-order valence-corrected chi connectivity index (χ3v) is 3.83. The summed E-state index contributed by atoms with van der Waals surface area (Å²) < 4.78 is 10.9. The molecule has 0 aromatic rings. The van der Waals surface area contributed by atoms with Gasteiger partial charge < -0.3 is 25.0 Å². The fourth-order valence-electron chi connectivity index (χ4n) is 2.64. The van der Waals surface area contributed by atoms with Crippen molar-refractivity contribution in [2.24, 2.45) is 4.99 Å². The Bertz CT molecular complexity index is 425. The number of aliphatic imine (C=N–C) groups is 1. The monoisotopic (exact) mass is 356 g/mol. The van der Waals surface area contributed by atoms with Crippen LogP contribution in [0.15, 0.2) is 4.99 Å². The van der Waals surface area contributed by atoms with Crippen LogP contribution >= 0.6 is 0 Å². The predicted octanol–water partition coefficient (Wildman–Crippen LogP) is 1.38. The molecule has 0 unspecified atom stereocenters. The minimum Gasteiger partial charge on any atom is -0.459 e. The summed E-state index contributed by atoms with van der Waals surface area (Å²) in [7, 11) is 1.71. The molecule has 1 aliphatic rings. The van der Waals surface area contributed by atoms with Gasteiger partial charge in [0.2, 0.25) is 0 Å². The highest BCUT2D eigenvalue weighted by atomic mass is 16.6. The number of guanidine groups is 1. The molecule has 0 radical (unpaired) electrons. The molecule has 1 saturated heterocycles. The average Bonchev–Trinajstić information content (AvgIpc) is 2.51. The number of hydrogen-bond acceptors (Lipinski definition) is 5. The lowest BCUT2D eigenvalue weighted by Gasteiger charge is -2.33. The van der Waals surface area contributed by atoms with Crippen molar-refractivity contribution in [1.29, 1.82) is 0 Å². The molecule has 146 valence electrons. The Morgan fingerprint density at radius 3 is 2.44 bits per heavy atom. The second-order valence-electron chi connectivity index (χ2n) is 7.69. The number of carbonyl (C=O) groups is 1. The maximum absolute atomic E-state index is 11.8. The van der Waals surface area contributed by atoms with Crippen LogP contribution in [-0.4, -0.2) is 74.4 Å². The lowest BCUT2D eigenvalue weighted by Crippen LogP contribution is -2.50. The molecular formula is C18H36N4O3. The molecule has 1 fully saturated rings. The van der Waals surface area contributed by atoms with E-state index in [1.165, 1.54) is 0 Å². The summed E-state index contributed by atoms with van der Waals surface area (Å²) in [6.07, 6.45) is 2.39. The van der Waals surface area contributed by atoms with E-state index >= 15 is 0 Å². The second kappa shape index (κ2) is 10.6. The van der Waals surface area contributed by atoms with E-state index in [0.717, 1.165) is 39.1 Å². The van der Waals surface area contributed by atoms with Crippen molar-refractivity contribution < 1.29 is 14.3 Å². The molecule has 1 aliphatic heterocycles. The molecule has 0 aromatic carbocycles. The Kier molecular flexibility index (Phi) is 9.21. The summed E-state index contributed by atoms with van der Waals surface area (Å²) in [5.74, 6) is 0.364. The first-order chi connectivity index (χ1) is 11.7. The summed E-state index contributed by atoms with van der Waals surface area (Å²) >= 11 is 0. The van der Waals surface area contributed by atoms with Crippen LogP contribution in [0, 0.1) is 0 Å². The van der Waals surface area contributed by atoms with Gasteiger partial charge in [0.05, 0.1) is 12.7 Å². The molecule has 1 heterocycles. The summed E-state index contributed by atoms with van der Waals surface area (Å²) in [5, 5.41) is 6.42. The molecule has 0 aromatic heterocycles. The Hall–Kier alpha value is -1.34. The van der Waals surface area contributed by atoms with Crippen LogP contribution in [0.25, 0.3) is 0 Å². The third-order valence-electron chi connectivity index (χ3n) is 3.83. The fourth-order valence-corrected chi connectivity index (χ4v) is 2.64. The summed E-state index contributed by atoms with van der Waals surface area (Å²) in [6, 6.07) is 0.368. The molecule has 0 atom stereocenters. The number of piperidine rings is 1. The standard InChI is InChI=1S/C18H36N4O3/c1-14(2)24-12-11-22-9-7-15(8-10-22)21-17(19-6)20-13-16(23)25-18(3,4)5/h14-15H,7-13H2,1-6H3,(H2,19,20,21). The summed E-state index contributed by atoms with van der Waals surface area (Å²) in [6.45, 7) is 13.7. The van der Waals surface area contributed by atoms with E-state index in [0.29, 0.717) is 18.1 Å². The van der Waals surface area contributed by atoms with Gasteiger partial charge in [0.1, 0.15) is 12.1 Å². The number of carbonyl (C=O) groups excluding carboxylic acids is 1. The number of rotatable bonds is 7. The van der Waals surface area contributed by atoms with Gasteiger partial charge in [-0.3, -0.25) is 9.79 Å². The van der Waals surface area contributed by atoms with Gasteiger partial charge in [-0.1, -0.05) is 0 Å². The van der Waals surface area contributed by atoms with Crippen molar-refractivity contribution in [3.8, 4) is 0 Å². The molecule has 0 bridgehead atoms. The van der Waals surface area contributed by atoms with Gasteiger partial charge in [0.25, 0.3) is 0 Å². The highest BCUT2D eigenvalue weighted by Gasteiger charge is 2.21. The Morgan fingerprint density at radius 2 is 1.92 bits per heavy atom. The van der Waals surface area contributed by atoms with Gasteiger partial charge in [-0.05, 0) is 47.5 Å². The van der Waals surface area contributed by atoms with Gasteiger partial charge in [-0.2, -0.15) is 0 Å². The molecule has 7 nitrogen and oxygen atoms in total. The quantitative estimate of drug-likeness (QED) is 0.408. The summed E-state index contributed by atoms with van der Waals surface area (Å²) in [4.78, 5) is 18.4. The lowest BCUT2D eigenvalue weighted by molar-refractivity contribution is -0.153. The van der Waals surface area contributed by atoms with Crippen molar-refractivity contribution in [2.75, 3.05) is 39.8 Å². The topological polar surface area (TPSA) is 75.2 Å². The third kappa shape index (κ3) is 10.3. The first-order valence-corrected chi connectivity index (χ1v) is 9.22. The number of ether oxygens (including phenoxy) is 2. The van der Waals surface area contributed by atoms with Crippen molar-refractivity contribution >= 4 is 11.9 Å². The fraction of sp³-hybridized carbons (Fsp3) is 0.889. The van der Waals surface area contributed by atoms with Crippen LogP contribution in [0.2, 0.25) is 0 Å². The zero-order chi connectivity index (χ0) is 18.9. The van der Waals surface area contributed by atoms with Crippen LogP contribution in [0.1, 0.15) is 47.5 Å². The summed E-state index contributed by atoms with van der Waals surface area (Å²) in [5.41, 5.74) is -0.470. The predicted molar refractivity (Wildman–Crippen MR) is 101 cm³/mol. The van der Waals surface area contributed by atoms with E-state index in [1.54, 1.807) is 7.05 Å². The smallest absolute Gasteiger partial charge is 0.325 e. The second-order valence-corrected chi connectivity index (χ2v) is 7.69. The van der Waals surface area contributed by atoms with Crippen LogP contribution in [0.5, 0.6) is 0 Å². The van der Waals surface area contributed by atoms with E-state index in [-0.39, 0.29) is 12.5 Å². The van der Waals surface area contributed by atoms with E-state index in [2.05, 4.69) is 34.4 Å². The van der Waals surface area contributed by atoms with Crippen LogP contribution in [-0.2, 0) is 14.3 Å². The van der Waals surface area contributed by atoms with Crippen LogP contribution in [0.4, 0.5) is 0 Å². The first kappa shape index (κ1) is 21.7. The van der Waals surface area contributed by atoms with Gasteiger partial charge in [0.15, 0.2) is 5.96 Å². The van der Waals surface area contributed by atoms with Gasteiger partial charge in [-0.25, -0.2) is 0 Å². The molecule has 2 N–H and O–H groups in total. The number of hydrogen-bond donors (Lipinski definition) is 2. The molecule has 0 amide bonds. The Labute approximate surface area is 152 Å². The molecule has 0 aliphatic carbocycles. The van der Waals surface area contributed by atoms with Crippen LogP contribution < -0.4 is 10.6 Å². The molecule has 0 spiro atoms. The SMILES string of the molecule is CN=C(NCC(=O)OC(C)(C)C)NC1CCN(CCOC(C)C)CC1. The van der Waals surface area contributed by atoms with Gasteiger partial charge in [-0.15, -0.1) is 0 Å². The maximum atomic E-state index is 11.8. The molecule has 1 rings (SSSR count). The Morgan fingerprint density at radius 1 is 1.28 bits per heavy atom. The molecule has 0 saturated carbocycles. The zero-order valence-corrected chi connectivity index (χ0v) is 16.7. The van der Waals surface area contributed by atoms with E-state index in [4.69, 9.17) is 9.47 Å². The van der Waals surface area contributed by atoms with Crippen molar-refractivity contribution in [1.82, 2.24) is 15.5 Å². The minimum atomic E-state index is -0.470. The van der Waals surface area contributed by atoms with E-state index in [9.17, 15) is 4.79 Å². The Balaban J connectivity index is 2.25. The highest BCUT2D eigenvalue weighted by Crippen LogP contribution is 2.10. The normalized spacial score (nSPS) is 17.6. The number of nitrogens with one attached hydrogen (secondary N) is 2. The van der Waals surface area contributed by atoms with E-state index < -0.39 is 5.60 Å². The van der Waals surface area contributed by atoms with Crippen molar-refractivity contribution in [3.63, 3.8) is 0 Å². The largest absolute Gasteiger partial charge is 0.459 e. The average molecular weight is 357 g/mol. The van der Waals surface area contributed by atoms with Crippen molar-refractivity contribution in [2.45, 2.75) is 65.2 Å². The number of esters is 1. The number of likely N-dealkylation sites (tertiary alicyclic amines) is 1. The highest BCUT2D eigenvalue weighted by molar-refractivity contribution is 5.84. The van der Waals surface area contributed by atoms with Gasteiger partial charge in [0, 0.05) is 32.7 Å². The molecule has 7 heteroatoms. The zero-order valence-electron chi connectivity index (χ0n) is 16.7. The lowest BCUT2D eigenvalue weighted by atomic mass is 10.1. The molecular weight excluding hydrogens is 320 g/mol.